The maximum absolute atomic E-state index is 12.2. The third-order valence-corrected chi connectivity index (χ3v) is 4.45. The first kappa shape index (κ1) is 16.4. The van der Waals surface area contributed by atoms with Gasteiger partial charge < -0.3 is 4.74 Å². The molecule has 0 aliphatic rings. The van der Waals surface area contributed by atoms with Gasteiger partial charge in [0.05, 0.1) is 16.9 Å². The minimum atomic E-state index is -0.257. The molecule has 3 aromatic rings. The van der Waals surface area contributed by atoms with E-state index in [0.717, 1.165) is 25.7 Å². The average Bonchev–Trinajstić information content (AvgIpc) is 2.61. The van der Waals surface area contributed by atoms with Crippen LogP contribution < -0.4 is 10.2 Å². The molecule has 0 bridgehead atoms. The molecule has 0 unspecified atom stereocenters. The number of fused-ring (bicyclic) bond motifs is 1. The highest BCUT2D eigenvalue weighted by atomic mass is 127. The van der Waals surface area contributed by atoms with E-state index in [-0.39, 0.29) is 5.91 Å². The third kappa shape index (κ3) is 3.56. The summed E-state index contributed by atoms with van der Waals surface area (Å²) >= 11 is 2.13. The number of methoxy groups -OCH3 is 1. The average molecular weight is 430 g/mol. The smallest absolute Gasteiger partial charge is 0.271 e. The Hall–Kier alpha value is -2.41. The predicted octanol–water partition coefficient (Wildman–Crippen LogP) is 4.22. The van der Waals surface area contributed by atoms with Crippen molar-refractivity contribution in [1.29, 1.82) is 0 Å². The van der Waals surface area contributed by atoms with E-state index in [0.29, 0.717) is 5.56 Å². The van der Waals surface area contributed by atoms with Gasteiger partial charge in [-0.2, -0.15) is 5.10 Å². The summed E-state index contributed by atoms with van der Waals surface area (Å²) in [6.07, 6.45) is 1.66. The number of amides is 1. The largest absolute Gasteiger partial charge is 0.496 e. The van der Waals surface area contributed by atoms with Gasteiger partial charge in [-0.3, -0.25) is 4.79 Å². The van der Waals surface area contributed by atoms with Gasteiger partial charge in [0.25, 0.3) is 5.91 Å². The molecule has 0 aliphatic carbocycles. The number of hydrogen-bond acceptors (Lipinski definition) is 3. The summed E-state index contributed by atoms with van der Waals surface area (Å²) in [7, 11) is 1.60. The van der Waals surface area contributed by atoms with Crippen LogP contribution in [0.1, 0.15) is 15.9 Å². The maximum atomic E-state index is 12.2. The van der Waals surface area contributed by atoms with Crippen molar-refractivity contribution in [2.75, 3.05) is 7.11 Å². The van der Waals surface area contributed by atoms with Gasteiger partial charge in [0.1, 0.15) is 5.75 Å². The van der Waals surface area contributed by atoms with E-state index in [9.17, 15) is 4.79 Å². The number of benzene rings is 3. The number of carbonyl (C=O) groups is 1. The molecule has 0 heterocycles. The molecule has 0 saturated carbocycles. The topological polar surface area (TPSA) is 50.7 Å². The molecular weight excluding hydrogens is 415 g/mol. The van der Waals surface area contributed by atoms with E-state index in [1.807, 2.05) is 42.5 Å². The van der Waals surface area contributed by atoms with Crippen molar-refractivity contribution in [3.05, 3.63) is 75.4 Å². The highest BCUT2D eigenvalue weighted by molar-refractivity contribution is 14.1. The molecule has 120 valence electrons. The Morgan fingerprint density at radius 3 is 2.71 bits per heavy atom. The number of halogens is 1. The monoisotopic (exact) mass is 430 g/mol. The molecule has 24 heavy (non-hydrogen) atoms. The van der Waals surface area contributed by atoms with Crippen molar-refractivity contribution in [1.82, 2.24) is 5.43 Å². The third-order valence-electron chi connectivity index (χ3n) is 3.61. The first-order chi connectivity index (χ1) is 11.7. The zero-order valence-electron chi connectivity index (χ0n) is 13.0. The summed E-state index contributed by atoms with van der Waals surface area (Å²) in [5.41, 5.74) is 4.06. The molecule has 0 saturated heterocycles. The fourth-order valence-electron chi connectivity index (χ4n) is 2.40. The molecule has 0 spiro atoms. The van der Waals surface area contributed by atoms with Crippen molar-refractivity contribution >= 4 is 45.5 Å². The first-order valence-corrected chi connectivity index (χ1v) is 8.41. The lowest BCUT2D eigenvalue weighted by atomic mass is 10.1. The first-order valence-electron chi connectivity index (χ1n) is 7.34. The van der Waals surface area contributed by atoms with E-state index in [1.54, 1.807) is 31.5 Å². The molecule has 4 nitrogen and oxygen atoms in total. The second-order valence-corrected chi connectivity index (χ2v) is 6.28. The van der Waals surface area contributed by atoms with Crippen LogP contribution in [0, 0.1) is 3.57 Å². The quantitative estimate of drug-likeness (QED) is 0.383. The van der Waals surface area contributed by atoms with Crippen LogP contribution in [0.2, 0.25) is 0 Å². The fourth-order valence-corrected chi connectivity index (χ4v) is 3.13. The van der Waals surface area contributed by atoms with Crippen LogP contribution in [0.25, 0.3) is 10.8 Å². The highest BCUT2D eigenvalue weighted by Crippen LogP contribution is 2.21. The van der Waals surface area contributed by atoms with E-state index in [4.69, 9.17) is 4.74 Å². The van der Waals surface area contributed by atoms with Crippen molar-refractivity contribution < 1.29 is 9.53 Å². The van der Waals surface area contributed by atoms with Crippen LogP contribution in [0.15, 0.2) is 65.8 Å². The number of nitrogens with one attached hydrogen (secondary N) is 1. The van der Waals surface area contributed by atoms with Crippen LogP contribution >= 0.6 is 22.6 Å². The summed E-state index contributed by atoms with van der Waals surface area (Å²) in [5, 5.41) is 6.31. The Morgan fingerprint density at radius 1 is 1.12 bits per heavy atom. The Morgan fingerprint density at radius 2 is 1.92 bits per heavy atom. The summed E-state index contributed by atoms with van der Waals surface area (Å²) in [4.78, 5) is 12.2. The van der Waals surface area contributed by atoms with Gasteiger partial charge in [0.2, 0.25) is 0 Å². The van der Waals surface area contributed by atoms with Crippen LogP contribution in [0.5, 0.6) is 5.75 Å². The highest BCUT2D eigenvalue weighted by Gasteiger charge is 2.08. The Bertz CT molecular complexity index is 917. The zero-order chi connectivity index (χ0) is 16.9. The molecule has 0 atom stereocenters. The normalized spacial score (nSPS) is 10.9. The number of carbonyl (C=O) groups excluding carboxylic acids is 1. The molecule has 0 radical (unpaired) electrons. The minimum Gasteiger partial charge on any atom is -0.496 e. The molecule has 1 N–H and O–H groups in total. The summed E-state index contributed by atoms with van der Waals surface area (Å²) in [6.45, 7) is 0. The molecule has 5 heteroatoms. The minimum absolute atomic E-state index is 0.257. The lowest BCUT2D eigenvalue weighted by Crippen LogP contribution is -2.17. The second kappa shape index (κ2) is 7.44. The molecule has 0 aromatic heterocycles. The Labute approximate surface area is 153 Å². The van der Waals surface area contributed by atoms with Crippen LogP contribution in [0.3, 0.4) is 0 Å². The van der Waals surface area contributed by atoms with Crippen molar-refractivity contribution in [2.24, 2.45) is 5.10 Å². The number of ether oxygens (including phenoxy) is 1. The van der Waals surface area contributed by atoms with E-state index in [2.05, 4.69) is 33.1 Å². The zero-order valence-corrected chi connectivity index (χ0v) is 15.2. The van der Waals surface area contributed by atoms with Gasteiger partial charge in [-0.25, -0.2) is 5.43 Å². The molecular formula is C19H15IN2O2. The summed E-state index contributed by atoms with van der Waals surface area (Å²) in [6, 6.07) is 19.3. The van der Waals surface area contributed by atoms with E-state index >= 15 is 0 Å². The van der Waals surface area contributed by atoms with Crippen molar-refractivity contribution in [3.8, 4) is 5.75 Å². The Kier molecular flexibility index (Phi) is 5.10. The second-order valence-electron chi connectivity index (χ2n) is 5.12. The van der Waals surface area contributed by atoms with E-state index in [1.165, 1.54) is 0 Å². The summed E-state index contributed by atoms with van der Waals surface area (Å²) < 4.78 is 6.07. The molecule has 3 rings (SSSR count). The lowest BCUT2D eigenvalue weighted by Gasteiger charge is -2.05. The van der Waals surface area contributed by atoms with Crippen molar-refractivity contribution in [3.63, 3.8) is 0 Å². The maximum Gasteiger partial charge on any atom is 0.271 e. The fraction of sp³-hybridized carbons (Fsp3) is 0.0526. The standard InChI is InChI=1S/C19H15IN2O2/c1-24-18-10-9-14(11-17(18)20)19(23)22-21-12-15-7-4-6-13-5-2-3-8-16(13)15/h2-12H,1H3,(H,22,23). The van der Waals surface area contributed by atoms with Crippen molar-refractivity contribution in [2.45, 2.75) is 0 Å². The molecule has 0 fully saturated rings. The SMILES string of the molecule is COc1ccc(C(=O)NN=Cc2cccc3ccccc23)cc1I. The molecule has 1 amide bonds. The number of nitrogens with zero attached hydrogens (tertiary/aromatic N) is 1. The summed E-state index contributed by atoms with van der Waals surface area (Å²) in [5.74, 6) is 0.485. The van der Waals surface area contributed by atoms with Gasteiger partial charge in [0, 0.05) is 11.1 Å². The van der Waals surface area contributed by atoms with E-state index < -0.39 is 0 Å². The van der Waals surface area contributed by atoms with Crippen LogP contribution in [-0.4, -0.2) is 19.2 Å². The molecule has 0 aliphatic heterocycles. The van der Waals surface area contributed by atoms with Crippen LogP contribution in [0.4, 0.5) is 0 Å². The number of rotatable bonds is 4. The predicted molar refractivity (Wildman–Crippen MR) is 105 cm³/mol. The lowest BCUT2D eigenvalue weighted by molar-refractivity contribution is 0.0955. The Balaban J connectivity index is 1.76. The van der Waals surface area contributed by atoms with Gasteiger partial charge >= 0.3 is 0 Å². The van der Waals surface area contributed by atoms with Gasteiger partial charge in [-0.05, 0) is 51.6 Å². The number of hydrazone groups is 1. The number of hydrogen-bond donors (Lipinski definition) is 1. The van der Waals surface area contributed by atoms with Crippen LogP contribution in [-0.2, 0) is 0 Å². The molecule has 3 aromatic carbocycles. The van der Waals surface area contributed by atoms with Gasteiger partial charge in [0.15, 0.2) is 0 Å². The van der Waals surface area contributed by atoms with Gasteiger partial charge in [-0.1, -0.05) is 42.5 Å². The van der Waals surface area contributed by atoms with Gasteiger partial charge in [-0.15, -0.1) is 0 Å².